The van der Waals surface area contributed by atoms with Crippen LogP contribution in [0.2, 0.25) is 5.02 Å². The van der Waals surface area contributed by atoms with Gasteiger partial charge in [0.15, 0.2) is 6.10 Å². The molecule has 0 saturated carbocycles. The standard InChI is InChI=1S/C22H21ClI2O4/c1-2-28-20(21(26)27)14-16-8-9-19(18(23)13-16)29-12-5-3-4-10-22(25)11-6-7-17(24)15-22/h3,5-9,11,13,20H,2,12,14-15H2,1H3,(H,26,27)/b5-3-/t20-,22?/m0/s1. The molecule has 0 spiro atoms. The number of rotatable bonds is 8. The Morgan fingerprint density at radius 3 is 2.93 bits per heavy atom. The molecule has 2 atom stereocenters. The van der Waals surface area contributed by atoms with E-state index in [9.17, 15) is 9.90 Å². The molecule has 2 rings (SSSR count). The minimum atomic E-state index is -0.989. The lowest BCUT2D eigenvalue weighted by Gasteiger charge is -2.19. The molecular weight excluding hydrogens is 617 g/mol. The molecule has 0 saturated heterocycles. The van der Waals surface area contributed by atoms with Gasteiger partial charge in [0.25, 0.3) is 0 Å². The lowest BCUT2D eigenvalue weighted by Crippen LogP contribution is -2.26. The van der Waals surface area contributed by atoms with E-state index in [2.05, 4.69) is 69.2 Å². The molecule has 1 aliphatic rings. The van der Waals surface area contributed by atoms with Gasteiger partial charge in [0, 0.05) is 19.4 Å². The molecule has 1 N–H and O–H groups in total. The van der Waals surface area contributed by atoms with Crippen LogP contribution < -0.4 is 4.74 Å². The summed E-state index contributed by atoms with van der Waals surface area (Å²) in [6.07, 6.45) is 10.1. The Labute approximate surface area is 203 Å². The first-order valence-electron chi connectivity index (χ1n) is 8.99. The molecule has 0 fully saturated rings. The molecule has 0 radical (unpaired) electrons. The van der Waals surface area contributed by atoms with Crippen LogP contribution in [0.25, 0.3) is 0 Å². The molecule has 0 aliphatic heterocycles. The van der Waals surface area contributed by atoms with Gasteiger partial charge in [-0.1, -0.05) is 70.3 Å². The summed E-state index contributed by atoms with van der Waals surface area (Å²) in [6, 6.07) is 5.24. The summed E-state index contributed by atoms with van der Waals surface area (Å²) < 4.78 is 12.0. The van der Waals surface area contributed by atoms with Crippen molar-refractivity contribution in [1.29, 1.82) is 0 Å². The largest absolute Gasteiger partial charge is 0.488 e. The molecule has 29 heavy (non-hydrogen) atoms. The Bertz CT molecular complexity index is 883. The summed E-state index contributed by atoms with van der Waals surface area (Å²) in [7, 11) is 0. The number of ether oxygens (including phenoxy) is 2. The predicted octanol–water partition coefficient (Wildman–Crippen LogP) is 5.76. The maximum Gasteiger partial charge on any atom is 0.333 e. The lowest BCUT2D eigenvalue weighted by atomic mass is 10.0. The number of allylic oxidation sites excluding steroid dienone is 5. The zero-order valence-corrected chi connectivity index (χ0v) is 20.9. The van der Waals surface area contributed by atoms with Crippen molar-refractivity contribution < 1.29 is 19.4 Å². The Kier molecular flexibility index (Phi) is 10.0. The van der Waals surface area contributed by atoms with Crippen LogP contribution in [0, 0.1) is 11.8 Å². The second kappa shape index (κ2) is 12.0. The monoisotopic (exact) mass is 638 g/mol. The molecule has 0 amide bonds. The van der Waals surface area contributed by atoms with Crippen LogP contribution >= 0.6 is 56.8 Å². The van der Waals surface area contributed by atoms with Crippen molar-refractivity contribution in [3.8, 4) is 17.6 Å². The number of halogens is 3. The third-order valence-electron chi connectivity index (χ3n) is 3.94. The fourth-order valence-corrected chi connectivity index (χ4v) is 5.15. The molecular formula is C22H21ClI2O4. The Balaban J connectivity index is 1.88. The highest BCUT2D eigenvalue weighted by Gasteiger charge is 2.23. The van der Waals surface area contributed by atoms with Crippen molar-refractivity contribution in [2.75, 3.05) is 13.2 Å². The van der Waals surface area contributed by atoms with E-state index in [4.69, 9.17) is 21.1 Å². The molecule has 0 heterocycles. The highest BCUT2D eigenvalue weighted by Crippen LogP contribution is 2.34. The van der Waals surface area contributed by atoms with Crippen molar-refractivity contribution in [2.45, 2.75) is 29.3 Å². The van der Waals surface area contributed by atoms with Crippen LogP contribution in [-0.2, 0) is 16.0 Å². The van der Waals surface area contributed by atoms with Crippen LogP contribution in [0.1, 0.15) is 18.9 Å². The first-order valence-corrected chi connectivity index (χ1v) is 11.5. The van der Waals surface area contributed by atoms with Crippen LogP contribution in [-0.4, -0.2) is 33.8 Å². The lowest BCUT2D eigenvalue weighted by molar-refractivity contribution is -0.149. The van der Waals surface area contributed by atoms with Crippen molar-refractivity contribution in [2.24, 2.45) is 0 Å². The minimum absolute atomic E-state index is 0.164. The number of carbonyl (C=O) groups is 1. The summed E-state index contributed by atoms with van der Waals surface area (Å²) in [5.74, 6) is 5.88. The van der Waals surface area contributed by atoms with Gasteiger partial charge in [-0.25, -0.2) is 4.79 Å². The quantitative estimate of drug-likeness (QED) is 0.224. The highest BCUT2D eigenvalue weighted by molar-refractivity contribution is 14.1. The number of benzene rings is 1. The van der Waals surface area contributed by atoms with E-state index in [1.807, 2.05) is 12.2 Å². The first-order chi connectivity index (χ1) is 13.8. The zero-order chi connectivity index (χ0) is 21.3. The summed E-state index contributed by atoms with van der Waals surface area (Å²) in [5, 5.41) is 9.61. The van der Waals surface area contributed by atoms with E-state index in [0.29, 0.717) is 24.0 Å². The van der Waals surface area contributed by atoms with E-state index in [0.717, 1.165) is 12.0 Å². The normalized spacial score (nSPS) is 19.4. The fraction of sp³-hybridized carbons (Fsp3) is 0.318. The van der Waals surface area contributed by atoms with Gasteiger partial charge in [-0.2, -0.15) is 0 Å². The average molecular weight is 639 g/mol. The molecule has 0 aromatic heterocycles. The number of carboxylic acids is 1. The van der Waals surface area contributed by atoms with E-state index >= 15 is 0 Å². The zero-order valence-electron chi connectivity index (χ0n) is 15.8. The van der Waals surface area contributed by atoms with Gasteiger partial charge in [-0.15, -0.1) is 0 Å². The van der Waals surface area contributed by atoms with Gasteiger partial charge in [-0.3, -0.25) is 0 Å². The maximum absolute atomic E-state index is 11.2. The van der Waals surface area contributed by atoms with Crippen LogP contribution in [0.5, 0.6) is 5.75 Å². The average Bonchev–Trinajstić information content (AvgIpc) is 2.65. The molecule has 7 heteroatoms. The molecule has 1 unspecified atom stereocenters. The van der Waals surface area contributed by atoms with Gasteiger partial charge in [0.1, 0.15) is 15.8 Å². The number of hydrogen-bond donors (Lipinski definition) is 1. The number of carboxylic acid groups (broad SMARTS) is 1. The fourth-order valence-electron chi connectivity index (χ4n) is 2.58. The number of alkyl halides is 1. The molecule has 1 aromatic rings. The van der Waals surface area contributed by atoms with Gasteiger partial charge in [-0.05, 0) is 62.9 Å². The third-order valence-corrected chi connectivity index (χ3v) is 5.99. The predicted molar refractivity (Wildman–Crippen MR) is 133 cm³/mol. The highest BCUT2D eigenvalue weighted by atomic mass is 127. The SMILES string of the molecule is CCO[C@@H](Cc1ccc(OC/C=C\C#CC2(I)C=CC=C(I)C2)c(Cl)c1)C(=O)O. The van der Waals surface area contributed by atoms with Gasteiger partial charge in [0.2, 0.25) is 0 Å². The maximum atomic E-state index is 11.2. The smallest absolute Gasteiger partial charge is 0.333 e. The van der Waals surface area contributed by atoms with Crippen molar-refractivity contribution in [3.05, 3.63) is 62.7 Å². The van der Waals surface area contributed by atoms with Gasteiger partial charge < -0.3 is 14.6 Å². The van der Waals surface area contributed by atoms with E-state index in [-0.39, 0.29) is 9.84 Å². The van der Waals surface area contributed by atoms with Gasteiger partial charge in [0.05, 0.1) is 5.02 Å². The number of aliphatic carboxylic acids is 1. The van der Waals surface area contributed by atoms with Crippen molar-refractivity contribution in [3.63, 3.8) is 0 Å². The first kappa shape index (κ1) is 24.3. The molecule has 4 nitrogen and oxygen atoms in total. The Morgan fingerprint density at radius 2 is 2.28 bits per heavy atom. The molecule has 0 bridgehead atoms. The summed E-state index contributed by atoms with van der Waals surface area (Å²) in [6.45, 7) is 2.44. The molecule has 1 aliphatic carbocycles. The van der Waals surface area contributed by atoms with E-state index in [1.165, 1.54) is 3.58 Å². The van der Waals surface area contributed by atoms with Crippen LogP contribution in [0.4, 0.5) is 0 Å². The summed E-state index contributed by atoms with van der Waals surface area (Å²) in [5.41, 5.74) is 0.779. The van der Waals surface area contributed by atoms with Crippen molar-refractivity contribution in [1.82, 2.24) is 0 Å². The van der Waals surface area contributed by atoms with Crippen LogP contribution in [0.15, 0.2) is 52.2 Å². The molecule has 154 valence electrons. The van der Waals surface area contributed by atoms with E-state index < -0.39 is 12.1 Å². The van der Waals surface area contributed by atoms with E-state index in [1.54, 1.807) is 31.2 Å². The van der Waals surface area contributed by atoms with Crippen molar-refractivity contribution >= 4 is 62.8 Å². The topological polar surface area (TPSA) is 55.8 Å². The minimum Gasteiger partial charge on any atom is -0.488 e. The summed E-state index contributed by atoms with van der Waals surface area (Å²) in [4.78, 5) is 11.2. The number of hydrogen-bond acceptors (Lipinski definition) is 3. The second-order valence-corrected chi connectivity index (χ2v) is 9.96. The molecule has 1 aromatic carbocycles. The third kappa shape index (κ3) is 8.32. The van der Waals surface area contributed by atoms with Crippen LogP contribution in [0.3, 0.4) is 0 Å². The van der Waals surface area contributed by atoms with Gasteiger partial charge >= 0.3 is 5.97 Å². The Morgan fingerprint density at radius 1 is 1.48 bits per heavy atom. The Hall–Kier alpha value is -1.02. The second-order valence-electron chi connectivity index (χ2n) is 6.25. The summed E-state index contributed by atoms with van der Waals surface area (Å²) >= 11 is 11.0.